The predicted molar refractivity (Wildman–Crippen MR) is 71.9 cm³/mol. The maximum Gasteiger partial charge on any atom is 0.179 e. The van der Waals surface area contributed by atoms with Crippen molar-refractivity contribution in [2.24, 2.45) is 0 Å². The summed E-state index contributed by atoms with van der Waals surface area (Å²) in [5.74, 6) is 1.23. The van der Waals surface area contributed by atoms with Crippen molar-refractivity contribution in [3.8, 4) is 11.5 Å². The molecule has 0 fully saturated rings. The Kier molecular flexibility index (Phi) is 4.52. The number of nitrogens with one attached hydrogen (secondary N) is 1. The van der Waals surface area contributed by atoms with Crippen LogP contribution in [0.15, 0.2) is 12.1 Å². The second kappa shape index (κ2) is 5.96. The molecule has 1 aliphatic rings. The number of fused-ring (bicyclic) bond motifs is 1. The number of ether oxygens (including phenoxy) is 2. The van der Waals surface area contributed by atoms with E-state index in [0.717, 1.165) is 5.56 Å². The zero-order valence-electron chi connectivity index (χ0n) is 10.8. The summed E-state index contributed by atoms with van der Waals surface area (Å²) < 4.78 is 10.9. The smallest absolute Gasteiger partial charge is 0.179 e. The fourth-order valence-corrected chi connectivity index (χ4v) is 2.09. The average molecular weight is 288 g/mol. The van der Waals surface area contributed by atoms with Crippen LogP contribution in [0.2, 0.25) is 5.02 Å². The maximum atomic E-state index is 9.66. The lowest BCUT2D eigenvalue weighted by molar-refractivity contribution is 0.00253. The maximum absolute atomic E-state index is 9.66. The van der Waals surface area contributed by atoms with Crippen LogP contribution in [0.25, 0.3) is 0 Å². The van der Waals surface area contributed by atoms with Crippen molar-refractivity contribution in [2.45, 2.75) is 19.1 Å². The molecule has 0 saturated carbocycles. The first-order valence-corrected chi connectivity index (χ1v) is 6.51. The van der Waals surface area contributed by atoms with Crippen molar-refractivity contribution >= 4 is 11.6 Å². The molecular weight excluding hydrogens is 270 g/mol. The minimum atomic E-state index is -1.13. The van der Waals surface area contributed by atoms with Crippen LogP contribution in [0.5, 0.6) is 11.5 Å². The lowest BCUT2D eigenvalue weighted by Gasteiger charge is -2.22. The molecule has 1 aromatic rings. The highest BCUT2D eigenvalue weighted by molar-refractivity contribution is 6.32. The molecule has 0 bridgehead atoms. The SMILES string of the molecule is CC(O)(CO)CNCc1cc(Cl)c2c(c1)OCCO2. The number of hydrogen-bond acceptors (Lipinski definition) is 5. The van der Waals surface area contributed by atoms with Crippen LogP contribution in [0.1, 0.15) is 12.5 Å². The summed E-state index contributed by atoms with van der Waals surface area (Å²) in [6, 6.07) is 3.66. The van der Waals surface area contributed by atoms with Gasteiger partial charge in [-0.2, -0.15) is 0 Å². The summed E-state index contributed by atoms with van der Waals surface area (Å²) in [6.45, 7) is 3.10. The number of hydrogen-bond donors (Lipinski definition) is 3. The molecular formula is C13H18ClNO4. The molecule has 0 spiro atoms. The van der Waals surface area contributed by atoms with E-state index in [4.69, 9.17) is 26.2 Å². The predicted octanol–water partition coefficient (Wildman–Crippen LogP) is 0.944. The standard InChI is InChI=1S/C13H18ClNO4/c1-13(17,8-16)7-15-6-9-4-10(14)12-11(5-9)18-2-3-19-12/h4-5,15-17H,2-3,6-8H2,1H3. The second-order valence-corrected chi connectivity index (χ2v) is 5.27. The third-order valence-electron chi connectivity index (χ3n) is 2.83. The van der Waals surface area contributed by atoms with Crippen LogP contribution in [0, 0.1) is 0 Å². The molecule has 106 valence electrons. The van der Waals surface area contributed by atoms with Gasteiger partial charge in [0.1, 0.15) is 13.2 Å². The highest BCUT2D eigenvalue weighted by Crippen LogP contribution is 2.38. The first-order valence-electron chi connectivity index (χ1n) is 6.14. The van der Waals surface area contributed by atoms with E-state index in [1.54, 1.807) is 13.0 Å². The minimum absolute atomic E-state index is 0.287. The van der Waals surface area contributed by atoms with Crippen molar-refractivity contribution in [3.05, 3.63) is 22.7 Å². The van der Waals surface area contributed by atoms with Gasteiger partial charge in [-0.15, -0.1) is 0 Å². The average Bonchev–Trinajstić information content (AvgIpc) is 2.39. The van der Waals surface area contributed by atoms with Crippen LogP contribution in [0.3, 0.4) is 0 Å². The largest absolute Gasteiger partial charge is 0.486 e. The molecule has 0 amide bonds. The zero-order valence-corrected chi connectivity index (χ0v) is 11.5. The van der Waals surface area contributed by atoms with Crippen molar-refractivity contribution in [2.75, 3.05) is 26.4 Å². The van der Waals surface area contributed by atoms with E-state index in [1.807, 2.05) is 6.07 Å². The molecule has 6 heteroatoms. The van der Waals surface area contributed by atoms with E-state index in [1.165, 1.54) is 0 Å². The van der Waals surface area contributed by atoms with Gasteiger partial charge in [-0.1, -0.05) is 11.6 Å². The van der Waals surface area contributed by atoms with E-state index in [2.05, 4.69) is 5.32 Å². The van der Waals surface area contributed by atoms with E-state index in [9.17, 15) is 5.11 Å². The molecule has 1 aromatic carbocycles. The van der Waals surface area contributed by atoms with E-state index in [-0.39, 0.29) is 13.2 Å². The highest BCUT2D eigenvalue weighted by atomic mass is 35.5. The summed E-state index contributed by atoms with van der Waals surface area (Å²) in [7, 11) is 0. The third-order valence-corrected chi connectivity index (χ3v) is 3.11. The topological polar surface area (TPSA) is 71.0 Å². The summed E-state index contributed by atoms with van der Waals surface area (Å²) in [6.07, 6.45) is 0. The molecule has 1 heterocycles. The summed E-state index contributed by atoms with van der Waals surface area (Å²) in [4.78, 5) is 0. The van der Waals surface area contributed by atoms with E-state index in [0.29, 0.717) is 36.3 Å². The second-order valence-electron chi connectivity index (χ2n) is 4.86. The monoisotopic (exact) mass is 287 g/mol. The van der Waals surface area contributed by atoms with Crippen LogP contribution >= 0.6 is 11.6 Å². The molecule has 0 radical (unpaired) electrons. The number of aliphatic hydroxyl groups is 2. The quantitative estimate of drug-likeness (QED) is 0.752. The van der Waals surface area contributed by atoms with Gasteiger partial charge in [-0.3, -0.25) is 0 Å². The Labute approximate surface area is 117 Å². The van der Waals surface area contributed by atoms with Gasteiger partial charge in [0, 0.05) is 13.1 Å². The fourth-order valence-electron chi connectivity index (χ4n) is 1.80. The Hall–Kier alpha value is -1.01. The van der Waals surface area contributed by atoms with E-state index < -0.39 is 5.60 Å². The van der Waals surface area contributed by atoms with Crippen molar-refractivity contribution in [1.29, 1.82) is 0 Å². The van der Waals surface area contributed by atoms with Crippen molar-refractivity contribution in [1.82, 2.24) is 5.32 Å². The molecule has 0 saturated heterocycles. The van der Waals surface area contributed by atoms with Crippen LogP contribution in [0.4, 0.5) is 0 Å². The van der Waals surface area contributed by atoms with Gasteiger partial charge in [0.25, 0.3) is 0 Å². The molecule has 2 rings (SSSR count). The fraction of sp³-hybridized carbons (Fsp3) is 0.538. The lowest BCUT2D eigenvalue weighted by atomic mass is 10.1. The van der Waals surface area contributed by atoms with Crippen LogP contribution in [-0.4, -0.2) is 42.2 Å². The first-order chi connectivity index (χ1) is 9.02. The van der Waals surface area contributed by atoms with Gasteiger partial charge in [0.2, 0.25) is 0 Å². The van der Waals surface area contributed by atoms with E-state index >= 15 is 0 Å². The highest BCUT2D eigenvalue weighted by Gasteiger charge is 2.19. The van der Waals surface area contributed by atoms with Gasteiger partial charge in [0.05, 0.1) is 17.2 Å². The Morgan fingerprint density at radius 1 is 1.37 bits per heavy atom. The van der Waals surface area contributed by atoms with Crippen LogP contribution in [-0.2, 0) is 6.54 Å². The number of halogens is 1. The number of aliphatic hydroxyl groups excluding tert-OH is 1. The summed E-state index contributed by atoms with van der Waals surface area (Å²) in [5.41, 5.74) is -0.194. The van der Waals surface area contributed by atoms with Crippen LogP contribution < -0.4 is 14.8 Å². The van der Waals surface area contributed by atoms with Gasteiger partial charge in [-0.25, -0.2) is 0 Å². The van der Waals surface area contributed by atoms with Crippen molar-refractivity contribution < 1.29 is 19.7 Å². The van der Waals surface area contributed by atoms with Gasteiger partial charge >= 0.3 is 0 Å². The third kappa shape index (κ3) is 3.73. The molecule has 0 aliphatic carbocycles. The molecule has 1 unspecified atom stereocenters. The Morgan fingerprint density at radius 2 is 2.11 bits per heavy atom. The summed E-state index contributed by atoms with van der Waals surface area (Å²) in [5, 5.41) is 22.2. The molecule has 19 heavy (non-hydrogen) atoms. The Balaban J connectivity index is 2.00. The minimum Gasteiger partial charge on any atom is -0.486 e. The van der Waals surface area contributed by atoms with Crippen molar-refractivity contribution in [3.63, 3.8) is 0 Å². The Bertz CT molecular complexity index is 451. The molecule has 5 nitrogen and oxygen atoms in total. The molecule has 1 aliphatic heterocycles. The normalized spacial score (nSPS) is 17.1. The molecule has 3 N–H and O–H groups in total. The zero-order chi connectivity index (χ0) is 13.9. The summed E-state index contributed by atoms with van der Waals surface area (Å²) >= 11 is 6.12. The molecule has 0 aromatic heterocycles. The number of benzene rings is 1. The lowest BCUT2D eigenvalue weighted by Crippen LogP contribution is -2.40. The van der Waals surface area contributed by atoms with Gasteiger partial charge in [0.15, 0.2) is 11.5 Å². The van der Waals surface area contributed by atoms with Gasteiger partial charge < -0.3 is 25.0 Å². The Morgan fingerprint density at radius 3 is 2.84 bits per heavy atom. The number of rotatable bonds is 5. The van der Waals surface area contributed by atoms with Gasteiger partial charge in [-0.05, 0) is 24.6 Å². The first kappa shape index (κ1) is 14.4. The molecule has 1 atom stereocenters.